The maximum Gasteiger partial charge on any atom is 0.232 e. The minimum atomic E-state index is -3.46. The largest absolute Gasteiger partial charge is 0.330 e. The molecule has 0 aliphatic carbocycles. The summed E-state index contributed by atoms with van der Waals surface area (Å²) >= 11 is 3.03. The van der Waals surface area contributed by atoms with E-state index in [2.05, 4.69) is 20.7 Å². The number of nitrogens with one attached hydrogen (secondary N) is 1. The number of hydrogen-bond donors (Lipinski definition) is 2. The molecule has 1 aromatic carbocycles. The normalized spacial score (nSPS) is 11.5. The van der Waals surface area contributed by atoms with Crippen molar-refractivity contribution in [1.82, 2.24) is 0 Å². The highest BCUT2D eigenvalue weighted by atomic mass is 79.9. The first-order valence-corrected chi connectivity index (χ1v) is 7.46. The number of rotatable bonds is 5. The van der Waals surface area contributed by atoms with Gasteiger partial charge in [-0.1, -0.05) is 0 Å². The van der Waals surface area contributed by atoms with Crippen LogP contribution in [-0.2, 0) is 10.0 Å². The Kier molecular flexibility index (Phi) is 4.91. The van der Waals surface area contributed by atoms with E-state index in [4.69, 9.17) is 5.73 Å². The molecule has 1 aromatic rings. The fourth-order valence-corrected chi connectivity index (χ4v) is 2.91. The molecule has 0 heterocycles. The molecule has 0 radical (unpaired) electrons. The van der Waals surface area contributed by atoms with Gasteiger partial charge in [0.25, 0.3) is 0 Å². The molecule has 0 amide bonds. The van der Waals surface area contributed by atoms with Crippen LogP contribution in [0.2, 0.25) is 0 Å². The van der Waals surface area contributed by atoms with Gasteiger partial charge in [0.15, 0.2) is 0 Å². The lowest BCUT2D eigenvalue weighted by Crippen LogP contribution is -2.19. The highest BCUT2D eigenvalue weighted by Crippen LogP contribution is 2.24. The zero-order valence-electron chi connectivity index (χ0n) is 9.33. The highest BCUT2D eigenvalue weighted by molar-refractivity contribution is 9.10. The van der Waals surface area contributed by atoms with Crippen LogP contribution in [0.1, 0.15) is 12.0 Å². The first kappa shape index (κ1) is 14.4. The van der Waals surface area contributed by atoms with E-state index in [9.17, 15) is 12.8 Å². The summed E-state index contributed by atoms with van der Waals surface area (Å²) in [5.74, 6) is -0.576. The first-order valence-electron chi connectivity index (χ1n) is 5.02. The molecular weight excluding hydrogens is 311 g/mol. The number of benzene rings is 1. The van der Waals surface area contributed by atoms with E-state index in [1.165, 1.54) is 6.07 Å². The third-order valence-electron chi connectivity index (χ3n) is 2.15. The molecule has 0 aromatic heterocycles. The van der Waals surface area contributed by atoms with Gasteiger partial charge in [-0.25, -0.2) is 12.8 Å². The van der Waals surface area contributed by atoms with E-state index < -0.39 is 15.8 Å². The predicted octanol–water partition coefficient (Wildman–Crippen LogP) is 1.99. The number of sulfonamides is 1. The lowest BCUT2D eigenvalue weighted by Gasteiger charge is -2.11. The van der Waals surface area contributed by atoms with Crippen LogP contribution in [0, 0.1) is 12.7 Å². The van der Waals surface area contributed by atoms with E-state index in [0.717, 1.165) is 6.07 Å². The molecule has 0 saturated carbocycles. The number of halogens is 2. The maximum absolute atomic E-state index is 13.3. The van der Waals surface area contributed by atoms with E-state index in [0.29, 0.717) is 23.0 Å². The van der Waals surface area contributed by atoms with Gasteiger partial charge in [-0.15, -0.1) is 0 Å². The predicted molar refractivity (Wildman–Crippen MR) is 69.9 cm³/mol. The van der Waals surface area contributed by atoms with Gasteiger partial charge in [0.05, 0.1) is 15.9 Å². The standard InChI is InChI=1S/C10H14BrFN2O2S/c1-7-5-8(11)9(12)6-10(7)14-17(15,16)4-2-3-13/h5-6,14H,2-4,13H2,1H3. The third kappa shape index (κ3) is 4.25. The number of hydrogen-bond acceptors (Lipinski definition) is 3. The molecule has 7 heteroatoms. The van der Waals surface area contributed by atoms with Crippen molar-refractivity contribution in [3.63, 3.8) is 0 Å². The Balaban J connectivity index is 2.92. The molecule has 0 aliphatic heterocycles. The van der Waals surface area contributed by atoms with Gasteiger partial charge in [-0.05, 0) is 53.5 Å². The second-order valence-electron chi connectivity index (χ2n) is 3.64. The Bertz CT molecular complexity index is 505. The molecule has 0 aliphatic rings. The van der Waals surface area contributed by atoms with Crippen LogP contribution >= 0.6 is 15.9 Å². The van der Waals surface area contributed by atoms with Gasteiger partial charge in [-0.2, -0.15) is 0 Å². The highest BCUT2D eigenvalue weighted by Gasteiger charge is 2.13. The molecular formula is C10H14BrFN2O2S. The zero-order chi connectivity index (χ0) is 13.1. The Morgan fingerprint density at radius 3 is 2.71 bits per heavy atom. The second-order valence-corrected chi connectivity index (χ2v) is 6.34. The van der Waals surface area contributed by atoms with Crippen molar-refractivity contribution >= 4 is 31.6 Å². The molecule has 0 spiro atoms. The van der Waals surface area contributed by atoms with E-state index >= 15 is 0 Å². The molecule has 3 N–H and O–H groups in total. The number of aryl methyl sites for hydroxylation is 1. The summed E-state index contributed by atoms with van der Waals surface area (Å²) in [6.45, 7) is 2.00. The third-order valence-corrected chi connectivity index (χ3v) is 4.11. The summed E-state index contributed by atoms with van der Waals surface area (Å²) < 4.78 is 39.1. The Hall–Kier alpha value is -0.660. The average Bonchev–Trinajstić information content (AvgIpc) is 2.23. The van der Waals surface area contributed by atoms with E-state index in [-0.39, 0.29) is 11.4 Å². The molecule has 96 valence electrons. The van der Waals surface area contributed by atoms with Gasteiger partial charge in [-0.3, -0.25) is 4.72 Å². The summed E-state index contributed by atoms with van der Waals surface area (Å²) in [5, 5.41) is 0. The summed E-state index contributed by atoms with van der Waals surface area (Å²) in [5.41, 5.74) is 6.14. The molecule has 4 nitrogen and oxygen atoms in total. The van der Waals surface area contributed by atoms with Gasteiger partial charge in [0.1, 0.15) is 5.82 Å². The fourth-order valence-electron chi connectivity index (χ4n) is 1.25. The molecule has 0 saturated heterocycles. The lowest BCUT2D eigenvalue weighted by atomic mass is 10.2. The summed E-state index contributed by atoms with van der Waals surface area (Å²) in [6.07, 6.45) is 0.368. The van der Waals surface area contributed by atoms with Crippen molar-refractivity contribution in [2.75, 3.05) is 17.0 Å². The molecule has 1 rings (SSSR count). The van der Waals surface area contributed by atoms with Crippen LogP contribution in [0.25, 0.3) is 0 Å². The van der Waals surface area contributed by atoms with E-state index in [1.54, 1.807) is 6.92 Å². The van der Waals surface area contributed by atoms with Crippen LogP contribution in [0.3, 0.4) is 0 Å². The van der Waals surface area contributed by atoms with Crippen molar-refractivity contribution in [3.8, 4) is 0 Å². The monoisotopic (exact) mass is 324 g/mol. The minimum Gasteiger partial charge on any atom is -0.330 e. The van der Waals surface area contributed by atoms with E-state index in [1.807, 2.05) is 0 Å². The van der Waals surface area contributed by atoms with Crippen LogP contribution in [0.5, 0.6) is 0 Å². The topological polar surface area (TPSA) is 72.2 Å². The number of anilines is 1. The summed E-state index contributed by atoms with van der Waals surface area (Å²) in [6, 6.07) is 2.68. The van der Waals surface area contributed by atoms with Crippen molar-refractivity contribution in [2.45, 2.75) is 13.3 Å². The maximum atomic E-state index is 13.3. The minimum absolute atomic E-state index is 0.0688. The number of nitrogens with two attached hydrogens (primary N) is 1. The van der Waals surface area contributed by atoms with Crippen LogP contribution in [0.15, 0.2) is 16.6 Å². The van der Waals surface area contributed by atoms with Crippen LogP contribution in [0.4, 0.5) is 10.1 Å². The lowest BCUT2D eigenvalue weighted by molar-refractivity contribution is 0.598. The zero-order valence-corrected chi connectivity index (χ0v) is 11.7. The summed E-state index contributed by atoms with van der Waals surface area (Å²) in [4.78, 5) is 0. The Labute approximate surface area is 109 Å². The molecule has 0 atom stereocenters. The van der Waals surface area contributed by atoms with Crippen LogP contribution in [-0.4, -0.2) is 20.7 Å². The smallest absolute Gasteiger partial charge is 0.232 e. The molecule has 0 unspecified atom stereocenters. The quantitative estimate of drug-likeness (QED) is 0.870. The molecule has 17 heavy (non-hydrogen) atoms. The SMILES string of the molecule is Cc1cc(Br)c(F)cc1NS(=O)(=O)CCCN. The fraction of sp³-hybridized carbons (Fsp3) is 0.400. The van der Waals surface area contributed by atoms with Crippen molar-refractivity contribution in [3.05, 3.63) is 28.0 Å². The second kappa shape index (κ2) is 5.79. The molecule has 0 bridgehead atoms. The van der Waals surface area contributed by atoms with Crippen LogP contribution < -0.4 is 10.5 Å². The van der Waals surface area contributed by atoms with Crippen molar-refractivity contribution in [2.24, 2.45) is 5.73 Å². The Morgan fingerprint density at radius 2 is 2.12 bits per heavy atom. The van der Waals surface area contributed by atoms with Crippen molar-refractivity contribution in [1.29, 1.82) is 0 Å². The van der Waals surface area contributed by atoms with Gasteiger partial charge in [0.2, 0.25) is 10.0 Å². The van der Waals surface area contributed by atoms with Crippen molar-refractivity contribution < 1.29 is 12.8 Å². The van der Waals surface area contributed by atoms with Gasteiger partial charge in [0, 0.05) is 0 Å². The van der Waals surface area contributed by atoms with Gasteiger partial charge < -0.3 is 5.73 Å². The average molecular weight is 325 g/mol. The Morgan fingerprint density at radius 1 is 1.47 bits per heavy atom. The van der Waals surface area contributed by atoms with Gasteiger partial charge >= 0.3 is 0 Å². The first-order chi connectivity index (χ1) is 7.85. The summed E-state index contributed by atoms with van der Waals surface area (Å²) in [7, 11) is -3.46. The molecule has 0 fully saturated rings.